The van der Waals surface area contributed by atoms with Crippen LogP contribution >= 0.6 is 0 Å². The van der Waals surface area contributed by atoms with E-state index in [1.807, 2.05) is 6.07 Å². The number of anilines is 1. The molecular weight excluding hydrogens is 250 g/mol. The second-order valence-corrected chi connectivity index (χ2v) is 5.43. The Labute approximate surface area is 119 Å². The van der Waals surface area contributed by atoms with Gasteiger partial charge in [0, 0.05) is 24.8 Å². The summed E-state index contributed by atoms with van der Waals surface area (Å²) in [7, 11) is 0. The number of nitrogens with zero attached hydrogens (tertiary/aromatic N) is 3. The molecule has 1 aromatic heterocycles. The molecule has 1 fully saturated rings. The van der Waals surface area contributed by atoms with Gasteiger partial charge in [0.15, 0.2) is 5.82 Å². The van der Waals surface area contributed by atoms with Crippen LogP contribution in [0.25, 0.3) is 11.4 Å². The van der Waals surface area contributed by atoms with Crippen LogP contribution in [0, 0.1) is 13.8 Å². The van der Waals surface area contributed by atoms with Crippen molar-refractivity contribution in [1.82, 2.24) is 9.97 Å². The number of rotatable bonds is 2. The first kappa shape index (κ1) is 13.1. The number of hydrogen-bond donors (Lipinski definition) is 1. The molecule has 1 aliphatic heterocycles. The lowest BCUT2D eigenvalue weighted by molar-refractivity contribution is 0.198. The van der Waals surface area contributed by atoms with Crippen molar-refractivity contribution in [3.8, 4) is 11.4 Å². The molecule has 1 unspecified atom stereocenters. The summed E-state index contributed by atoms with van der Waals surface area (Å²) in [5.41, 5.74) is 3.55. The van der Waals surface area contributed by atoms with Crippen LogP contribution in [0.5, 0.6) is 0 Å². The fraction of sp³-hybridized carbons (Fsp3) is 0.375. The van der Waals surface area contributed by atoms with Gasteiger partial charge >= 0.3 is 0 Å². The van der Waals surface area contributed by atoms with E-state index in [-0.39, 0.29) is 6.10 Å². The monoisotopic (exact) mass is 269 g/mol. The van der Waals surface area contributed by atoms with Crippen molar-refractivity contribution in [2.45, 2.75) is 26.4 Å². The number of hydrogen-bond acceptors (Lipinski definition) is 4. The van der Waals surface area contributed by atoms with E-state index in [9.17, 15) is 5.11 Å². The lowest BCUT2D eigenvalue weighted by Gasteiger charge is -2.17. The first-order chi connectivity index (χ1) is 9.63. The summed E-state index contributed by atoms with van der Waals surface area (Å²) in [5, 5.41) is 9.63. The average molecular weight is 269 g/mol. The van der Waals surface area contributed by atoms with E-state index in [1.165, 1.54) is 11.1 Å². The predicted octanol–water partition coefficient (Wildman–Crippen LogP) is 2.33. The van der Waals surface area contributed by atoms with Crippen molar-refractivity contribution in [2.75, 3.05) is 18.0 Å². The first-order valence-electron chi connectivity index (χ1n) is 6.97. The van der Waals surface area contributed by atoms with Gasteiger partial charge in [-0.15, -0.1) is 0 Å². The van der Waals surface area contributed by atoms with Crippen molar-refractivity contribution < 1.29 is 5.11 Å². The molecule has 20 heavy (non-hydrogen) atoms. The quantitative estimate of drug-likeness (QED) is 0.909. The van der Waals surface area contributed by atoms with Crippen LogP contribution in [-0.2, 0) is 0 Å². The van der Waals surface area contributed by atoms with Crippen molar-refractivity contribution in [1.29, 1.82) is 0 Å². The molecule has 1 aromatic carbocycles. The van der Waals surface area contributed by atoms with Crippen LogP contribution in [0.2, 0.25) is 0 Å². The van der Waals surface area contributed by atoms with E-state index >= 15 is 0 Å². The van der Waals surface area contributed by atoms with Crippen molar-refractivity contribution in [3.63, 3.8) is 0 Å². The molecule has 2 heterocycles. The van der Waals surface area contributed by atoms with Gasteiger partial charge in [0.05, 0.1) is 6.10 Å². The Balaban J connectivity index is 1.92. The number of aliphatic hydroxyl groups is 1. The van der Waals surface area contributed by atoms with E-state index in [2.05, 4.69) is 46.9 Å². The maximum atomic E-state index is 9.63. The molecule has 4 nitrogen and oxygen atoms in total. The molecule has 0 radical (unpaired) electrons. The molecule has 4 heteroatoms. The van der Waals surface area contributed by atoms with E-state index < -0.39 is 0 Å². The summed E-state index contributed by atoms with van der Waals surface area (Å²) in [4.78, 5) is 11.1. The van der Waals surface area contributed by atoms with Crippen LogP contribution < -0.4 is 4.90 Å². The number of β-amino-alcohol motifs (C(OH)–C–C–N with tert-alkyl or cyclic N) is 1. The maximum Gasteiger partial charge on any atom is 0.161 e. The minimum absolute atomic E-state index is 0.241. The number of aryl methyl sites for hydroxylation is 2. The van der Waals surface area contributed by atoms with E-state index in [4.69, 9.17) is 0 Å². The van der Waals surface area contributed by atoms with Crippen LogP contribution in [-0.4, -0.2) is 34.3 Å². The van der Waals surface area contributed by atoms with E-state index in [0.717, 1.165) is 30.2 Å². The van der Waals surface area contributed by atoms with Crippen LogP contribution in [0.1, 0.15) is 17.5 Å². The first-order valence-corrected chi connectivity index (χ1v) is 6.97. The molecule has 0 spiro atoms. The Bertz CT molecular complexity index is 627. The molecule has 0 amide bonds. The smallest absolute Gasteiger partial charge is 0.161 e. The van der Waals surface area contributed by atoms with Crippen molar-refractivity contribution in [3.05, 3.63) is 41.6 Å². The number of aliphatic hydroxyl groups excluding tert-OH is 1. The zero-order valence-corrected chi connectivity index (χ0v) is 11.9. The summed E-state index contributed by atoms with van der Waals surface area (Å²) in [6, 6.07) is 8.18. The molecule has 1 saturated heterocycles. The summed E-state index contributed by atoms with van der Waals surface area (Å²) in [6.45, 7) is 5.70. The Morgan fingerprint density at radius 1 is 1.20 bits per heavy atom. The fourth-order valence-electron chi connectivity index (χ4n) is 2.49. The molecular formula is C16H19N3O. The molecule has 2 aromatic rings. The summed E-state index contributed by atoms with van der Waals surface area (Å²) in [6.07, 6.45) is 2.36. The van der Waals surface area contributed by atoms with E-state index in [1.54, 1.807) is 6.20 Å². The summed E-state index contributed by atoms with van der Waals surface area (Å²) in [5.74, 6) is 1.64. The highest BCUT2D eigenvalue weighted by Crippen LogP contribution is 2.23. The van der Waals surface area contributed by atoms with Gasteiger partial charge in [0.2, 0.25) is 0 Å². The van der Waals surface area contributed by atoms with Gasteiger partial charge in [-0.3, -0.25) is 0 Å². The molecule has 0 saturated carbocycles. The maximum absolute atomic E-state index is 9.63. The standard InChI is InChI=1S/C16H19N3O/c1-11-3-4-13(9-12(11)2)16-17-7-5-15(18-16)19-8-6-14(20)10-19/h3-5,7,9,14,20H,6,8,10H2,1-2H3. The fourth-order valence-corrected chi connectivity index (χ4v) is 2.49. The Morgan fingerprint density at radius 3 is 2.75 bits per heavy atom. The second kappa shape index (κ2) is 5.21. The number of benzene rings is 1. The highest BCUT2D eigenvalue weighted by Gasteiger charge is 2.21. The Kier molecular flexibility index (Phi) is 3.40. The molecule has 1 aliphatic rings. The normalized spacial score (nSPS) is 18.6. The van der Waals surface area contributed by atoms with Gasteiger partial charge in [-0.1, -0.05) is 12.1 Å². The third-order valence-corrected chi connectivity index (χ3v) is 3.89. The zero-order chi connectivity index (χ0) is 14.1. The molecule has 1 N–H and O–H groups in total. The SMILES string of the molecule is Cc1ccc(-c2nccc(N3CCC(O)C3)n2)cc1C. The molecule has 104 valence electrons. The van der Waals surface area contributed by atoms with Crippen LogP contribution in [0.15, 0.2) is 30.5 Å². The van der Waals surface area contributed by atoms with Gasteiger partial charge in [-0.05, 0) is 43.5 Å². The van der Waals surface area contributed by atoms with Gasteiger partial charge in [-0.25, -0.2) is 9.97 Å². The van der Waals surface area contributed by atoms with E-state index in [0.29, 0.717) is 6.54 Å². The molecule has 3 rings (SSSR count). The molecule has 0 bridgehead atoms. The van der Waals surface area contributed by atoms with Gasteiger partial charge in [0.1, 0.15) is 5.82 Å². The van der Waals surface area contributed by atoms with Crippen molar-refractivity contribution >= 4 is 5.82 Å². The summed E-state index contributed by atoms with van der Waals surface area (Å²) < 4.78 is 0. The van der Waals surface area contributed by atoms with Crippen molar-refractivity contribution in [2.24, 2.45) is 0 Å². The Hall–Kier alpha value is -1.94. The predicted molar refractivity (Wildman–Crippen MR) is 79.8 cm³/mol. The van der Waals surface area contributed by atoms with Gasteiger partial charge < -0.3 is 10.0 Å². The van der Waals surface area contributed by atoms with Crippen LogP contribution in [0.3, 0.4) is 0 Å². The third-order valence-electron chi connectivity index (χ3n) is 3.89. The minimum Gasteiger partial charge on any atom is -0.391 e. The topological polar surface area (TPSA) is 49.2 Å². The van der Waals surface area contributed by atoms with Gasteiger partial charge in [0.25, 0.3) is 0 Å². The summed E-state index contributed by atoms with van der Waals surface area (Å²) >= 11 is 0. The largest absolute Gasteiger partial charge is 0.391 e. The average Bonchev–Trinajstić information content (AvgIpc) is 2.89. The minimum atomic E-state index is -0.241. The van der Waals surface area contributed by atoms with Crippen LogP contribution in [0.4, 0.5) is 5.82 Å². The Morgan fingerprint density at radius 2 is 2.05 bits per heavy atom. The second-order valence-electron chi connectivity index (χ2n) is 5.43. The highest BCUT2D eigenvalue weighted by atomic mass is 16.3. The molecule has 0 aliphatic carbocycles. The lowest BCUT2D eigenvalue weighted by Crippen LogP contribution is -2.22. The zero-order valence-electron chi connectivity index (χ0n) is 11.9. The third kappa shape index (κ3) is 2.51. The van der Waals surface area contributed by atoms with Gasteiger partial charge in [-0.2, -0.15) is 0 Å². The highest BCUT2D eigenvalue weighted by molar-refractivity contribution is 5.59. The molecule has 1 atom stereocenters. The number of aromatic nitrogens is 2. The lowest BCUT2D eigenvalue weighted by atomic mass is 10.1.